The van der Waals surface area contributed by atoms with Crippen LogP contribution in [0.4, 0.5) is 11.4 Å². The molecule has 3 aromatic carbocycles. The summed E-state index contributed by atoms with van der Waals surface area (Å²) in [5, 5.41) is 28.9. The minimum absolute atomic E-state index is 0.00801. The number of carboxylic acids is 1. The number of carbonyl (C=O) groups is 1. The van der Waals surface area contributed by atoms with E-state index >= 15 is 0 Å². The van der Waals surface area contributed by atoms with Gasteiger partial charge in [0.1, 0.15) is 17.5 Å². The van der Waals surface area contributed by atoms with Crippen LogP contribution in [0.25, 0.3) is 10.8 Å². The Morgan fingerprint density at radius 3 is 2.42 bits per heavy atom. The molecule has 172 valence electrons. The van der Waals surface area contributed by atoms with E-state index in [1.165, 1.54) is 30.3 Å². The molecule has 11 heteroatoms. The maximum Gasteiger partial charge on any atom is 0.340 e. The third-order valence-electron chi connectivity index (χ3n) is 5.55. The van der Waals surface area contributed by atoms with Crippen molar-refractivity contribution in [1.82, 2.24) is 10.2 Å². The molecule has 4 rings (SSSR count). The molecule has 3 aromatic rings. The molecule has 0 radical (unpaired) electrons. The highest BCUT2D eigenvalue weighted by Crippen LogP contribution is 2.37. The lowest BCUT2D eigenvalue weighted by Gasteiger charge is -2.16. The van der Waals surface area contributed by atoms with Crippen molar-refractivity contribution in [3.8, 4) is 5.75 Å². The molecule has 0 bridgehead atoms. The Labute approximate surface area is 189 Å². The third-order valence-corrected chi connectivity index (χ3v) is 6.99. The molecular weight excluding hydrogens is 448 g/mol. The Bertz CT molecular complexity index is 1340. The quantitative estimate of drug-likeness (QED) is 0.400. The number of sulfonamides is 1. The fourth-order valence-electron chi connectivity index (χ4n) is 3.43. The van der Waals surface area contributed by atoms with Gasteiger partial charge in [0, 0.05) is 17.3 Å². The molecule has 1 aliphatic heterocycles. The maximum absolute atomic E-state index is 12.6. The van der Waals surface area contributed by atoms with Gasteiger partial charge in [-0.25, -0.2) is 13.2 Å². The Hall–Kier alpha value is -3.38. The molecule has 0 saturated carbocycles. The van der Waals surface area contributed by atoms with Crippen LogP contribution < -0.4 is 10.2 Å². The zero-order chi connectivity index (χ0) is 23.8. The molecule has 1 fully saturated rings. The SMILES string of the molecule is CC1NOC(NS(=O)(=O)c2ccc(N=Nc3cc4ccccc4c(C(=O)O)c3O)cc2)C1C. The van der Waals surface area contributed by atoms with E-state index in [4.69, 9.17) is 4.84 Å². The van der Waals surface area contributed by atoms with E-state index in [0.29, 0.717) is 16.5 Å². The van der Waals surface area contributed by atoms with Crippen LogP contribution >= 0.6 is 0 Å². The smallest absolute Gasteiger partial charge is 0.340 e. The van der Waals surface area contributed by atoms with Crippen LogP contribution in [0.5, 0.6) is 5.75 Å². The summed E-state index contributed by atoms with van der Waals surface area (Å²) in [5.41, 5.74) is 2.79. The minimum atomic E-state index is -3.82. The lowest BCUT2D eigenvalue weighted by atomic mass is 10.0. The first-order valence-corrected chi connectivity index (χ1v) is 11.6. The zero-order valence-electron chi connectivity index (χ0n) is 17.8. The van der Waals surface area contributed by atoms with Gasteiger partial charge in [-0.05, 0) is 42.6 Å². The summed E-state index contributed by atoms with van der Waals surface area (Å²) >= 11 is 0. The van der Waals surface area contributed by atoms with Gasteiger partial charge in [0.05, 0.1) is 10.6 Å². The highest BCUT2D eigenvalue weighted by Gasteiger charge is 2.34. The molecule has 1 saturated heterocycles. The number of hydrogen-bond acceptors (Lipinski definition) is 8. The van der Waals surface area contributed by atoms with Crippen LogP contribution in [-0.2, 0) is 14.9 Å². The molecular formula is C22H22N4O6S. The average Bonchev–Trinajstić information content (AvgIpc) is 3.09. The first kappa shape index (κ1) is 22.8. The van der Waals surface area contributed by atoms with Gasteiger partial charge in [0.2, 0.25) is 10.0 Å². The molecule has 10 nitrogen and oxygen atoms in total. The number of carboxylic acid groups (broad SMARTS) is 1. The second-order valence-electron chi connectivity index (χ2n) is 7.76. The van der Waals surface area contributed by atoms with Crippen molar-refractivity contribution < 1.29 is 28.3 Å². The second-order valence-corrected chi connectivity index (χ2v) is 9.48. The summed E-state index contributed by atoms with van der Waals surface area (Å²) in [4.78, 5) is 16.9. The number of rotatable bonds is 6. The van der Waals surface area contributed by atoms with E-state index in [0.717, 1.165) is 0 Å². The Balaban J connectivity index is 1.57. The maximum atomic E-state index is 12.6. The summed E-state index contributed by atoms with van der Waals surface area (Å²) in [6.45, 7) is 3.77. The first-order valence-electron chi connectivity index (χ1n) is 10.1. The van der Waals surface area contributed by atoms with Gasteiger partial charge >= 0.3 is 5.97 Å². The molecule has 0 amide bonds. The third kappa shape index (κ3) is 4.57. The number of hydroxylamine groups is 1. The molecule has 0 spiro atoms. The summed E-state index contributed by atoms with van der Waals surface area (Å²) in [7, 11) is -3.82. The minimum Gasteiger partial charge on any atom is -0.505 e. The monoisotopic (exact) mass is 470 g/mol. The van der Waals surface area contributed by atoms with E-state index in [2.05, 4.69) is 20.4 Å². The lowest BCUT2D eigenvalue weighted by molar-refractivity contribution is 0.0148. The van der Waals surface area contributed by atoms with E-state index in [1.807, 2.05) is 13.8 Å². The van der Waals surface area contributed by atoms with Crippen LogP contribution in [0.3, 0.4) is 0 Å². The van der Waals surface area contributed by atoms with E-state index in [-0.39, 0.29) is 28.1 Å². The van der Waals surface area contributed by atoms with Gasteiger partial charge in [0.15, 0.2) is 5.75 Å². The first-order chi connectivity index (χ1) is 15.7. The van der Waals surface area contributed by atoms with Crippen molar-refractivity contribution in [2.75, 3.05) is 0 Å². The van der Waals surface area contributed by atoms with Crippen molar-refractivity contribution >= 4 is 38.1 Å². The normalized spacial score (nSPS) is 21.1. The number of nitrogens with one attached hydrogen (secondary N) is 2. The Morgan fingerprint density at radius 2 is 1.79 bits per heavy atom. The second kappa shape index (κ2) is 8.87. The number of hydrogen-bond donors (Lipinski definition) is 4. The number of aromatic carboxylic acids is 1. The van der Waals surface area contributed by atoms with E-state index in [1.54, 1.807) is 24.3 Å². The Kier molecular flexibility index (Phi) is 6.13. The summed E-state index contributed by atoms with van der Waals surface area (Å²) in [6, 6.07) is 13.9. The van der Waals surface area contributed by atoms with Gasteiger partial charge in [0.25, 0.3) is 0 Å². The van der Waals surface area contributed by atoms with Gasteiger partial charge in [-0.2, -0.15) is 15.3 Å². The topological polar surface area (TPSA) is 150 Å². The van der Waals surface area contributed by atoms with Crippen molar-refractivity contribution in [3.05, 3.63) is 60.2 Å². The van der Waals surface area contributed by atoms with Gasteiger partial charge in [-0.15, -0.1) is 5.11 Å². The van der Waals surface area contributed by atoms with Crippen molar-refractivity contribution in [3.63, 3.8) is 0 Å². The van der Waals surface area contributed by atoms with Crippen LogP contribution in [0.1, 0.15) is 24.2 Å². The summed E-state index contributed by atoms with van der Waals surface area (Å²) < 4.78 is 27.8. The predicted octanol–water partition coefficient (Wildman–Crippen LogP) is 3.82. The van der Waals surface area contributed by atoms with Crippen LogP contribution in [-0.4, -0.2) is 36.9 Å². The summed E-state index contributed by atoms with van der Waals surface area (Å²) in [5.74, 6) is -1.84. The number of fused-ring (bicyclic) bond motifs is 1. The van der Waals surface area contributed by atoms with Crippen LogP contribution in [0, 0.1) is 5.92 Å². The number of benzene rings is 3. The van der Waals surface area contributed by atoms with Gasteiger partial charge < -0.3 is 10.2 Å². The molecule has 1 heterocycles. The number of phenols is 1. The highest BCUT2D eigenvalue weighted by atomic mass is 32.2. The molecule has 33 heavy (non-hydrogen) atoms. The van der Waals surface area contributed by atoms with Crippen molar-refractivity contribution in [1.29, 1.82) is 0 Å². The lowest BCUT2D eigenvalue weighted by Crippen LogP contribution is -2.38. The number of aromatic hydroxyl groups is 1. The van der Waals surface area contributed by atoms with Gasteiger partial charge in [-0.3, -0.25) is 4.84 Å². The number of nitrogens with zero attached hydrogens (tertiary/aromatic N) is 2. The standard InChI is InChI=1S/C22H22N4O6S/c1-12-13(2)25-32-21(12)26-33(30,31)16-9-7-15(8-10-16)23-24-18-11-14-5-3-4-6-17(14)19(20(18)27)22(28)29/h3-13,21,25-27H,1-2H3,(H,28,29). The largest absolute Gasteiger partial charge is 0.505 e. The fourth-order valence-corrected chi connectivity index (χ4v) is 4.63. The van der Waals surface area contributed by atoms with Gasteiger partial charge in [-0.1, -0.05) is 31.2 Å². The highest BCUT2D eigenvalue weighted by molar-refractivity contribution is 7.89. The molecule has 1 aliphatic rings. The Morgan fingerprint density at radius 1 is 1.09 bits per heavy atom. The van der Waals surface area contributed by atoms with E-state index < -0.39 is 28.0 Å². The molecule has 3 atom stereocenters. The predicted molar refractivity (Wildman–Crippen MR) is 120 cm³/mol. The molecule has 0 aliphatic carbocycles. The molecule has 0 aromatic heterocycles. The van der Waals surface area contributed by atoms with Crippen LogP contribution in [0.15, 0.2) is 69.7 Å². The number of azo groups is 1. The average molecular weight is 471 g/mol. The van der Waals surface area contributed by atoms with Crippen LogP contribution in [0.2, 0.25) is 0 Å². The molecule has 3 unspecified atom stereocenters. The fraction of sp³-hybridized carbons (Fsp3) is 0.227. The molecule has 4 N–H and O–H groups in total. The zero-order valence-corrected chi connectivity index (χ0v) is 18.6. The van der Waals surface area contributed by atoms with Crippen molar-refractivity contribution in [2.45, 2.75) is 31.0 Å². The summed E-state index contributed by atoms with van der Waals surface area (Å²) in [6.07, 6.45) is -0.691. The van der Waals surface area contributed by atoms with Crippen molar-refractivity contribution in [2.24, 2.45) is 16.1 Å². The van der Waals surface area contributed by atoms with E-state index in [9.17, 15) is 23.4 Å².